The Bertz CT molecular complexity index is 858. The maximum absolute atomic E-state index is 12.2. The third-order valence-electron chi connectivity index (χ3n) is 3.85. The molecule has 0 aromatic heterocycles. The van der Waals surface area contributed by atoms with E-state index in [9.17, 15) is 9.59 Å². The Labute approximate surface area is 145 Å². The number of nitrogens with one attached hydrogen (secondary N) is 2. The van der Waals surface area contributed by atoms with E-state index in [1.54, 1.807) is 25.3 Å². The standard InChI is InChI=1S/C19H18N2O4/c1-20-18(22)11-25-16-8-7-12(10-17(16)24-2)9-14-13-5-3-4-6-15(13)21-19(14)23/h3-10H,11H2,1-2H3,(H,20,22)(H,21,23)/b14-9-. The highest BCUT2D eigenvalue weighted by atomic mass is 16.5. The molecular weight excluding hydrogens is 320 g/mol. The highest BCUT2D eigenvalue weighted by Crippen LogP contribution is 2.34. The summed E-state index contributed by atoms with van der Waals surface area (Å²) in [5, 5.41) is 5.33. The van der Waals surface area contributed by atoms with Crippen LogP contribution in [0.2, 0.25) is 0 Å². The molecule has 0 radical (unpaired) electrons. The average Bonchev–Trinajstić information content (AvgIpc) is 2.95. The molecule has 1 aliphatic heterocycles. The highest BCUT2D eigenvalue weighted by molar-refractivity contribution is 6.34. The summed E-state index contributed by atoms with van der Waals surface area (Å²) in [6.45, 7) is -0.0942. The summed E-state index contributed by atoms with van der Waals surface area (Å²) in [7, 11) is 3.07. The van der Waals surface area contributed by atoms with Gasteiger partial charge in [-0.25, -0.2) is 0 Å². The number of ether oxygens (including phenoxy) is 2. The van der Waals surface area contributed by atoms with Crippen molar-refractivity contribution in [2.75, 3.05) is 26.1 Å². The largest absolute Gasteiger partial charge is 0.493 e. The van der Waals surface area contributed by atoms with E-state index in [0.29, 0.717) is 17.1 Å². The van der Waals surface area contributed by atoms with E-state index in [1.807, 2.05) is 30.3 Å². The molecular formula is C19H18N2O4. The van der Waals surface area contributed by atoms with Crippen molar-refractivity contribution in [3.8, 4) is 11.5 Å². The van der Waals surface area contributed by atoms with Crippen molar-refractivity contribution in [1.82, 2.24) is 5.32 Å². The molecule has 0 atom stereocenters. The van der Waals surface area contributed by atoms with Gasteiger partial charge in [0, 0.05) is 23.9 Å². The van der Waals surface area contributed by atoms with Crippen LogP contribution >= 0.6 is 0 Å². The van der Waals surface area contributed by atoms with Crippen molar-refractivity contribution >= 4 is 29.2 Å². The van der Waals surface area contributed by atoms with Crippen LogP contribution in [0.1, 0.15) is 11.1 Å². The molecule has 3 rings (SSSR count). The van der Waals surface area contributed by atoms with Crippen LogP contribution in [0, 0.1) is 0 Å². The fraction of sp³-hybridized carbons (Fsp3) is 0.158. The van der Waals surface area contributed by atoms with Gasteiger partial charge >= 0.3 is 0 Å². The minimum atomic E-state index is -0.229. The zero-order valence-electron chi connectivity index (χ0n) is 14.0. The van der Waals surface area contributed by atoms with Gasteiger partial charge < -0.3 is 20.1 Å². The van der Waals surface area contributed by atoms with Crippen LogP contribution in [0.3, 0.4) is 0 Å². The summed E-state index contributed by atoms with van der Waals surface area (Å²) in [5.74, 6) is 0.585. The zero-order chi connectivity index (χ0) is 17.8. The van der Waals surface area contributed by atoms with Crippen molar-refractivity contribution < 1.29 is 19.1 Å². The molecule has 6 nitrogen and oxygen atoms in total. The molecule has 25 heavy (non-hydrogen) atoms. The molecule has 2 N–H and O–H groups in total. The van der Waals surface area contributed by atoms with E-state index >= 15 is 0 Å². The Kier molecular flexibility index (Phi) is 4.70. The van der Waals surface area contributed by atoms with Gasteiger partial charge in [0.15, 0.2) is 18.1 Å². The summed E-state index contributed by atoms with van der Waals surface area (Å²) >= 11 is 0. The minimum absolute atomic E-state index is 0.0942. The normalized spacial score (nSPS) is 14.0. The number of benzene rings is 2. The fourth-order valence-electron chi connectivity index (χ4n) is 2.56. The maximum atomic E-state index is 12.2. The van der Waals surface area contributed by atoms with Gasteiger partial charge in [0.25, 0.3) is 11.8 Å². The molecule has 0 bridgehead atoms. The van der Waals surface area contributed by atoms with Gasteiger partial charge in [-0.15, -0.1) is 0 Å². The number of hydrogen-bond donors (Lipinski definition) is 2. The Morgan fingerprint density at radius 3 is 2.76 bits per heavy atom. The molecule has 0 spiro atoms. The third-order valence-corrected chi connectivity index (χ3v) is 3.85. The number of methoxy groups -OCH3 is 1. The second kappa shape index (κ2) is 7.09. The lowest BCUT2D eigenvalue weighted by molar-refractivity contribution is -0.122. The number of rotatable bonds is 5. The summed E-state index contributed by atoms with van der Waals surface area (Å²) in [4.78, 5) is 23.5. The van der Waals surface area contributed by atoms with Crippen molar-refractivity contribution in [3.05, 3.63) is 53.6 Å². The molecule has 128 valence electrons. The third kappa shape index (κ3) is 3.47. The first-order chi connectivity index (χ1) is 12.1. The van der Waals surface area contributed by atoms with E-state index in [4.69, 9.17) is 9.47 Å². The molecule has 1 heterocycles. The van der Waals surface area contributed by atoms with E-state index in [1.165, 1.54) is 7.11 Å². The molecule has 0 unspecified atom stereocenters. The lowest BCUT2D eigenvalue weighted by Crippen LogP contribution is -2.24. The number of carbonyl (C=O) groups excluding carboxylic acids is 2. The molecule has 0 fully saturated rings. The van der Waals surface area contributed by atoms with Crippen LogP contribution in [0.25, 0.3) is 11.6 Å². The van der Waals surface area contributed by atoms with Gasteiger partial charge in [-0.05, 0) is 29.8 Å². The number of hydrogen-bond acceptors (Lipinski definition) is 4. The van der Waals surface area contributed by atoms with E-state index in [-0.39, 0.29) is 18.4 Å². The number of anilines is 1. The number of carbonyl (C=O) groups is 2. The lowest BCUT2D eigenvalue weighted by atomic mass is 10.0. The molecule has 0 saturated heterocycles. The quantitative estimate of drug-likeness (QED) is 0.820. The van der Waals surface area contributed by atoms with Crippen LogP contribution in [0.15, 0.2) is 42.5 Å². The van der Waals surface area contributed by atoms with E-state index in [2.05, 4.69) is 10.6 Å². The Hall–Kier alpha value is -3.28. The SMILES string of the molecule is CNC(=O)COc1ccc(/C=C2\C(=O)Nc3ccccc32)cc1OC. The summed E-state index contributed by atoms with van der Waals surface area (Å²) in [6, 6.07) is 12.8. The van der Waals surface area contributed by atoms with Gasteiger partial charge in [-0.2, -0.15) is 0 Å². The summed E-state index contributed by atoms with van der Waals surface area (Å²) in [6.07, 6.45) is 1.80. The topological polar surface area (TPSA) is 76.7 Å². The molecule has 2 aromatic rings. The zero-order valence-corrected chi connectivity index (χ0v) is 14.0. The van der Waals surface area contributed by atoms with Gasteiger partial charge in [-0.1, -0.05) is 24.3 Å². The first-order valence-corrected chi connectivity index (χ1v) is 7.76. The molecule has 1 aliphatic rings. The van der Waals surface area contributed by atoms with Gasteiger partial charge in [-0.3, -0.25) is 9.59 Å². The van der Waals surface area contributed by atoms with Gasteiger partial charge in [0.2, 0.25) is 0 Å². The van der Waals surface area contributed by atoms with Crippen molar-refractivity contribution in [2.45, 2.75) is 0 Å². The van der Waals surface area contributed by atoms with Gasteiger partial charge in [0.1, 0.15) is 0 Å². The Morgan fingerprint density at radius 1 is 1.20 bits per heavy atom. The van der Waals surface area contributed by atoms with Crippen LogP contribution in [0.4, 0.5) is 5.69 Å². The Morgan fingerprint density at radius 2 is 2.00 bits per heavy atom. The monoisotopic (exact) mass is 338 g/mol. The second-order valence-corrected chi connectivity index (χ2v) is 5.43. The smallest absolute Gasteiger partial charge is 0.257 e. The van der Waals surface area contributed by atoms with Crippen LogP contribution in [-0.2, 0) is 9.59 Å². The Balaban J connectivity index is 1.89. The number of amides is 2. The van der Waals surface area contributed by atoms with Gasteiger partial charge in [0.05, 0.1) is 7.11 Å². The molecule has 6 heteroatoms. The first kappa shape index (κ1) is 16.6. The summed E-state index contributed by atoms with van der Waals surface area (Å²) < 4.78 is 10.8. The molecule has 0 aliphatic carbocycles. The fourth-order valence-corrected chi connectivity index (χ4v) is 2.56. The van der Waals surface area contributed by atoms with Crippen LogP contribution < -0.4 is 20.1 Å². The molecule has 2 amide bonds. The van der Waals surface area contributed by atoms with Crippen LogP contribution in [-0.4, -0.2) is 32.6 Å². The minimum Gasteiger partial charge on any atom is -0.493 e. The predicted octanol–water partition coefficient (Wildman–Crippen LogP) is 2.31. The van der Waals surface area contributed by atoms with Crippen molar-refractivity contribution in [3.63, 3.8) is 0 Å². The highest BCUT2D eigenvalue weighted by Gasteiger charge is 2.23. The van der Waals surface area contributed by atoms with E-state index in [0.717, 1.165) is 16.8 Å². The maximum Gasteiger partial charge on any atom is 0.257 e. The average molecular weight is 338 g/mol. The predicted molar refractivity (Wildman–Crippen MR) is 95.5 cm³/mol. The first-order valence-electron chi connectivity index (χ1n) is 7.76. The van der Waals surface area contributed by atoms with Crippen molar-refractivity contribution in [1.29, 1.82) is 0 Å². The number of para-hydroxylation sites is 1. The summed E-state index contributed by atoms with van der Waals surface area (Å²) in [5.41, 5.74) is 3.06. The molecule has 0 saturated carbocycles. The van der Waals surface area contributed by atoms with Crippen molar-refractivity contribution in [2.24, 2.45) is 0 Å². The second-order valence-electron chi connectivity index (χ2n) is 5.43. The lowest BCUT2D eigenvalue weighted by Gasteiger charge is -2.11. The number of likely N-dealkylation sites (N-methyl/N-ethyl adjacent to an activating group) is 1. The molecule has 2 aromatic carbocycles. The van der Waals surface area contributed by atoms with E-state index < -0.39 is 0 Å². The number of fused-ring (bicyclic) bond motifs is 1. The van der Waals surface area contributed by atoms with Crippen LogP contribution in [0.5, 0.6) is 11.5 Å².